The Labute approximate surface area is 114 Å². The number of ether oxygens (including phenoxy) is 3. The lowest BCUT2D eigenvalue weighted by molar-refractivity contribution is 0.183. The molecule has 106 valence electrons. The first-order valence-electron chi connectivity index (χ1n) is 6.51. The van der Waals surface area contributed by atoms with Crippen molar-refractivity contribution in [1.82, 2.24) is 0 Å². The molecule has 1 heterocycles. The molecule has 2 atom stereocenters. The molecule has 5 nitrogen and oxygen atoms in total. The van der Waals surface area contributed by atoms with E-state index < -0.39 is 0 Å². The predicted molar refractivity (Wildman–Crippen MR) is 76.0 cm³/mol. The van der Waals surface area contributed by atoms with Crippen molar-refractivity contribution in [1.29, 1.82) is 0 Å². The predicted octanol–water partition coefficient (Wildman–Crippen LogP) is 2.12. The number of benzene rings is 1. The van der Waals surface area contributed by atoms with Crippen LogP contribution in [-0.2, 0) is 4.74 Å². The highest BCUT2D eigenvalue weighted by molar-refractivity contribution is 5.72. The van der Waals surface area contributed by atoms with Gasteiger partial charge in [-0.05, 0) is 13.3 Å². The van der Waals surface area contributed by atoms with Gasteiger partial charge >= 0.3 is 0 Å². The van der Waals surface area contributed by atoms with Gasteiger partial charge in [-0.15, -0.1) is 0 Å². The molecular weight excluding hydrogens is 244 g/mol. The van der Waals surface area contributed by atoms with E-state index in [9.17, 15) is 0 Å². The minimum absolute atomic E-state index is 0.308. The van der Waals surface area contributed by atoms with E-state index in [0.717, 1.165) is 25.3 Å². The van der Waals surface area contributed by atoms with Gasteiger partial charge in [-0.1, -0.05) is 0 Å². The van der Waals surface area contributed by atoms with Crippen LogP contribution in [0.2, 0.25) is 0 Å². The molecule has 3 N–H and O–H groups in total. The van der Waals surface area contributed by atoms with Crippen molar-refractivity contribution in [3.05, 3.63) is 12.1 Å². The molecule has 0 aliphatic carbocycles. The summed E-state index contributed by atoms with van der Waals surface area (Å²) in [5.74, 6) is 1.84. The largest absolute Gasteiger partial charge is 0.493 e. The second-order valence-corrected chi connectivity index (χ2v) is 4.85. The minimum atomic E-state index is 0.308. The zero-order chi connectivity index (χ0) is 13.8. The Hall–Kier alpha value is -1.62. The van der Waals surface area contributed by atoms with Crippen LogP contribution in [0.4, 0.5) is 11.4 Å². The summed E-state index contributed by atoms with van der Waals surface area (Å²) in [6, 6.07) is 3.96. The van der Waals surface area contributed by atoms with Crippen LogP contribution in [0.3, 0.4) is 0 Å². The third kappa shape index (κ3) is 3.04. The van der Waals surface area contributed by atoms with Crippen molar-refractivity contribution >= 4 is 11.4 Å². The number of methoxy groups -OCH3 is 2. The molecule has 0 spiro atoms. The highest BCUT2D eigenvalue weighted by Crippen LogP contribution is 2.35. The topological polar surface area (TPSA) is 65.7 Å². The van der Waals surface area contributed by atoms with Crippen LogP contribution in [0.25, 0.3) is 0 Å². The lowest BCUT2D eigenvalue weighted by atomic mass is 10.0. The van der Waals surface area contributed by atoms with Crippen molar-refractivity contribution in [2.24, 2.45) is 5.92 Å². The fourth-order valence-corrected chi connectivity index (χ4v) is 2.33. The van der Waals surface area contributed by atoms with Crippen molar-refractivity contribution in [2.75, 3.05) is 38.5 Å². The molecule has 1 aromatic carbocycles. The van der Waals surface area contributed by atoms with E-state index in [1.165, 1.54) is 0 Å². The summed E-state index contributed by atoms with van der Waals surface area (Å²) >= 11 is 0. The van der Waals surface area contributed by atoms with E-state index in [1.807, 2.05) is 6.07 Å². The van der Waals surface area contributed by atoms with Crippen LogP contribution < -0.4 is 20.5 Å². The summed E-state index contributed by atoms with van der Waals surface area (Å²) in [4.78, 5) is 0. The van der Waals surface area contributed by atoms with Gasteiger partial charge < -0.3 is 25.3 Å². The van der Waals surface area contributed by atoms with Crippen molar-refractivity contribution in [3.8, 4) is 11.5 Å². The Morgan fingerprint density at radius 1 is 1.32 bits per heavy atom. The summed E-state index contributed by atoms with van der Waals surface area (Å²) < 4.78 is 15.9. The van der Waals surface area contributed by atoms with Gasteiger partial charge in [0.25, 0.3) is 0 Å². The van der Waals surface area contributed by atoms with Crippen LogP contribution in [0.15, 0.2) is 12.1 Å². The minimum Gasteiger partial charge on any atom is -0.493 e. The number of hydrogen-bond donors (Lipinski definition) is 2. The molecule has 1 aromatic rings. The molecule has 1 fully saturated rings. The number of nitrogen functional groups attached to an aromatic ring is 1. The molecule has 2 rings (SSSR count). The van der Waals surface area contributed by atoms with Gasteiger partial charge in [0.1, 0.15) is 0 Å². The molecule has 5 heteroatoms. The molecule has 1 aliphatic heterocycles. The average Bonchev–Trinajstić information content (AvgIpc) is 2.94. The number of hydrogen-bond acceptors (Lipinski definition) is 5. The van der Waals surface area contributed by atoms with Crippen LogP contribution in [-0.4, -0.2) is 33.5 Å². The second kappa shape index (κ2) is 6.02. The second-order valence-electron chi connectivity index (χ2n) is 4.85. The smallest absolute Gasteiger partial charge is 0.162 e. The van der Waals surface area contributed by atoms with Crippen molar-refractivity contribution in [3.63, 3.8) is 0 Å². The first kappa shape index (κ1) is 13.8. The maximum absolute atomic E-state index is 6.04. The molecule has 0 aromatic heterocycles. The molecule has 19 heavy (non-hydrogen) atoms. The standard InChI is InChI=1S/C14H22N2O3/c1-9(10-4-5-19-8-10)16-12-7-14(18-3)13(17-2)6-11(12)15/h6-7,9-10,16H,4-5,8,15H2,1-3H3. The molecule has 0 saturated carbocycles. The highest BCUT2D eigenvalue weighted by Gasteiger charge is 2.23. The SMILES string of the molecule is COc1cc(N)c(NC(C)C2CCOC2)cc1OC. The summed E-state index contributed by atoms with van der Waals surface area (Å²) in [5, 5.41) is 3.44. The number of nitrogens with two attached hydrogens (primary N) is 1. The molecule has 0 bridgehead atoms. The Bertz CT molecular complexity index is 431. The summed E-state index contributed by atoms with van der Waals surface area (Å²) in [7, 11) is 3.22. The van der Waals surface area contributed by atoms with E-state index in [0.29, 0.717) is 29.1 Å². The number of nitrogens with one attached hydrogen (secondary N) is 1. The maximum atomic E-state index is 6.04. The lowest BCUT2D eigenvalue weighted by Crippen LogP contribution is -2.26. The number of rotatable bonds is 5. The zero-order valence-electron chi connectivity index (χ0n) is 11.7. The van der Waals surface area contributed by atoms with E-state index in [-0.39, 0.29) is 0 Å². The zero-order valence-corrected chi connectivity index (χ0v) is 11.7. The molecule has 1 saturated heterocycles. The fourth-order valence-electron chi connectivity index (χ4n) is 2.33. The Morgan fingerprint density at radius 2 is 2.00 bits per heavy atom. The maximum Gasteiger partial charge on any atom is 0.162 e. The summed E-state index contributed by atoms with van der Waals surface area (Å²) in [5.41, 5.74) is 7.57. The molecule has 2 unspecified atom stereocenters. The van der Waals surface area contributed by atoms with Crippen LogP contribution in [0.1, 0.15) is 13.3 Å². The quantitative estimate of drug-likeness (QED) is 0.799. The van der Waals surface area contributed by atoms with Crippen LogP contribution >= 0.6 is 0 Å². The van der Waals surface area contributed by atoms with Gasteiger partial charge in [-0.2, -0.15) is 0 Å². The van der Waals surface area contributed by atoms with Crippen molar-refractivity contribution in [2.45, 2.75) is 19.4 Å². The third-order valence-corrected chi connectivity index (χ3v) is 3.61. The van der Waals surface area contributed by atoms with E-state index in [4.69, 9.17) is 19.9 Å². The molecule has 0 amide bonds. The molecular formula is C14H22N2O3. The Morgan fingerprint density at radius 3 is 2.58 bits per heavy atom. The summed E-state index contributed by atoms with van der Waals surface area (Å²) in [6.07, 6.45) is 1.08. The van der Waals surface area contributed by atoms with Crippen LogP contribution in [0, 0.1) is 5.92 Å². The first-order chi connectivity index (χ1) is 9.15. The van der Waals surface area contributed by atoms with Gasteiger partial charge in [-0.25, -0.2) is 0 Å². The molecule has 0 radical (unpaired) electrons. The lowest BCUT2D eigenvalue weighted by Gasteiger charge is -2.22. The van der Waals surface area contributed by atoms with Gasteiger partial charge in [0, 0.05) is 30.7 Å². The van der Waals surface area contributed by atoms with E-state index in [2.05, 4.69) is 12.2 Å². The fraction of sp³-hybridized carbons (Fsp3) is 0.571. The monoisotopic (exact) mass is 266 g/mol. The Kier molecular flexibility index (Phi) is 4.37. The van der Waals surface area contributed by atoms with Gasteiger partial charge in [0.05, 0.1) is 32.2 Å². The van der Waals surface area contributed by atoms with E-state index >= 15 is 0 Å². The highest BCUT2D eigenvalue weighted by atomic mass is 16.5. The first-order valence-corrected chi connectivity index (χ1v) is 6.51. The third-order valence-electron chi connectivity index (χ3n) is 3.61. The molecule has 1 aliphatic rings. The van der Waals surface area contributed by atoms with Gasteiger partial charge in [0.2, 0.25) is 0 Å². The summed E-state index contributed by atoms with van der Waals surface area (Å²) in [6.45, 7) is 3.80. The van der Waals surface area contributed by atoms with Gasteiger partial charge in [0.15, 0.2) is 11.5 Å². The number of anilines is 2. The normalized spacial score (nSPS) is 20.1. The van der Waals surface area contributed by atoms with E-state index in [1.54, 1.807) is 20.3 Å². The average molecular weight is 266 g/mol. The Balaban J connectivity index is 2.14. The van der Waals surface area contributed by atoms with Gasteiger partial charge in [-0.3, -0.25) is 0 Å². The van der Waals surface area contributed by atoms with Crippen molar-refractivity contribution < 1.29 is 14.2 Å². The van der Waals surface area contributed by atoms with Crippen LogP contribution in [0.5, 0.6) is 11.5 Å².